The molecule has 130 valence electrons. The normalized spacial score (nSPS) is 20.6. The first kappa shape index (κ1) is 16.6. The number of nitrogens with zero attached hydrogens (tertiary/aromatic N) is 3. The van der Waals surface area contributed by atoms with E-state index in [1.165, 1.54) is 18.2 Å². The van der Waals surface area contributed by atoms with Gasteiger partial charge in [-0.25, -0.2) is 13.4 Å². The number of phenolic OH excluding ortho intramolecular Hbond substituents is 1. The summed E-state index contributed by atoms with van der Waals surface area (Å²) >= 11 is 0. The predicted octanol–water partition coefficient (Wildman–Crippen LogP) is 0.905. The van der Waals surface area contributed by atoms with Gasteiger partial charge in [0, 0.05) is 6.26 Å². The van der Waals surface area contributed by atoms with Gasteiger partial charge in [-0.3, -0.25) is 4.90 Å². The van der Waals surface area contributed by atoms with Crippen LogP contribution in [0.2, 0.25) is 0 Å². The van der Waals surface area contributed by atoms with E-state index in [-0.39, 0.29) is 28.3 Å². The summed E-state index contributed by atoms with van der Waals surface area (Å²) in [6.07, 6.45) is 5.47. The number of sulfone groups is 1. The summed E-state index contributed by atoms with van der Waals surface area (Å²) < 4.78 is 23.7. The number of nitrogens with two attached hydrogens (primary N) is 2. The van der Waals surface area contributed by atoms with Crippen molar-refractivity contribution in [3.63, 3.8) is 0 Å². The van der Waals surface area contributed by atoms with E-state index in [2.05, 4.69) is 9.98 Å². The first-order valence-electron chi connectivity index (χ1n) is 7.76. The minimum atomic E-state index is -3.43. The van der Waals surface area contributed by atoms with Crippen LogP contribution in [0.4, 0.5) is 5.69 Å². The number of hydrogen-bond acceptors (Lipinski definition) is 8. The maximum absolute atomic E-state index is 11.9. The molecule has 1 aromatic carbocycles. The molecule has 0 saturated heterocycles. The third-order valence-electron chi connectivity index (χ3n) is 4.47. The Hall–Kier alpha value is -2.29. The molecule has 2 aliphatic rings. The van der Waals surface area contributed by atoms with Crippen LogP contribution < -0.4 is 16.4 Å². The Morgan fingerprint density at radius 3 is 2.50 bits per heavy atom. The van der Waals surface area contributed by atoms with E-state index < -0.39 is 15.5 Å². The lowest BCUT2D eigenvalue weighted by atomic mass is 9.87. The Labute approximate surface area is 140 Å². The summed E-state index contributed by atoms with van der Waals surface area (Å²) in [6.45, 7) is 0. The van der Waals surface area contributed by atoms with Gasteiger partial charge >= 0.3 is 0 Å². The van der Waals surface area contributed by atoms with Crippen molar-refractivity contribution in [2.45, 2.75) is 42.7 Å². The van der Waals surface area contributed by atoms with E-state index >= 15 is 0 Å². The average Bonchev–Trinajstić information content (AvgIpc) is 2.48. The number of aromatic hydroxyl groups is 1. The molecule has 0 unspecified atom stereocenters. The second kappa shape index (κ2) is 5.66. The van der Waals surface area contributed by atoms with E-state index in [0.717, 1.165) is 25.5 Å². The van der Waals surface area contributed by atoms with Gasteiger partial charge in [0.2, 0.25) is 11.9 Å². The summed E-state index contributed by atoms with van der Waals surface area (Å²) in [6, 6.07) is 4.11. The highest BCUT2D eigenvalue weighted by Crippen LogP contribution is 2.42. The first-order valence-corrected chi connectivity index (χ1v) is 9.65. The standard InChI is InChI=1S/C15H21N5O3S/c1-24(22,23)10-5-6-12(21)11(9-10)20-14(17)18-13(16)19-15(20)7-3-2-4-8-15/h5-6,9,21H,2-4,7-8H2,1H3,(H4,16,17,18,19). The number of guanidine groups is 2. The third-order valence-corrected chi connectivity index (χ3v) is 5.58. The molecule has 0 atom stereocenters. The Balaban J connectivity index is 2.17. The van der Waals surface area contributed by atoms with Gasteiger partial charge in [0.1, 0.15) is 11.4 Å². The van der Waals surface area contributed by atoms with Crippen LogP contribution in [-0.2, 0) is 9.84 Å². The van der Waals surface area contributed by atoms with Crippen molar-refractivity contribution in [3.8, 4) is 5.75 Å². The van der Waals surface area contributed by atoms with Gasteiger partial charge in [-0.15, -0.1) is 0 Å². The Bertz CT molecular complexity index is 826. The fraction of sp³-hybridized carbons (Fsp3) is 0.467. The second-order valence-electron chi connectivity index (χ2n) is 6.24. The van der Waals surface area contributed by atoms with E-state index in [1.807, 2.05) is 0 Å². The predicted molar refractivity (Wildman–Crippen MR) is 92.8 cm³/mol. The molecule has 0 bridgehead atoms. The number of anilines is 1. The summed E-state index contributed by atoms with van der Waals surface area (Å²) in [5.74, 6) is 0.121. The van der Waals surface area contributed by atoms with E-state index in [4.69, 9.17) is 11.5 Å². The number of hydrogen-bond donors (Lipinski definition) is 3. The monoisotopic (exact) mass is 351 g/mol. The molecule has 24 heavy (non-hydrogen) atoms. The third kappa shape index (κ3) is 2.79. The average molecular weight is 351 g/mol. The molecule has 1 aliphatic carbocycles. The van der Waals surface area contributed by atoms with Crippen molar-refractivity contribution >= 4 is 27.4 Å². The van der Waals surface area contributed by atoms with Crippen molar-refractivity contribution in [2.24, 2.45) is 21.5 Å². The molecule has 0 radical (unpaired) electrons. The summed E-state index contributed by atoms with van der Waals surface area (Å²) in [5.41, 5.74) is 11.4. The van der Waals surface area contributed by atoms with Gasteiger partial charge in [-0.2, -0.15) is 4.99 Å². The molecule has 3 rings (SSSR count). The van der Waals surface area contributed by atoms with Crippen LogP contribution in [-0.4, -0.2) is 37.4 Å². The molecule has 0 aromatic heterocycles. The van der Waals surface area contributed by atoms with Crippen LogP contribution in [0.3, 0.4) is 0 Å². The molecule has 9 heteroatoms. The Kier molecular flexibility index (Phi) is 3.90. The van der Waals surface area contributed by atoms with Gasteiger partial charge in [0.15, 0.2) is 9.84 Å². The summed E-state index contributed by atoms with van der Waals surface area (Å²) in [5, 5.41) is 10.3. The number of benzene rings is 1. The van der Waals surface area contributed by atoms with Crippen LogP contribution in [0.1, 0.15) is 32.1 Å². The molecule has 1 fully saturated rings. The highest BCUT2D eigenvalue weighted by atomic mass is 32.2. The van der Waals surface area contributed by atoms with Crippen LogP contribution in [0.25, 0.3) is 0 Å². The Morgan fingerprint density at radius 1 is 1.21 bits per heavy atom. The maximum atomic E-state index is 11.9. The lowest BCUT2D eigenvalue weighted by Gasteiger charge is -2.45. The lowest BCUT2D eigenvalue weighted by molar-refractivity contribution is 0.303. The molecule has 0 amide bonds. The van der Waals surface area contributed by atoms with Gasteiger partial charge in [-0.05, 0) is 43.9 Å². The molecular weight excluding hydrogens is 330 g/mol. The van der Waals surface area contributed by atoms with E-state index in [1.54, 1.807) is 4.90 Å². The van der Waals surface area contributed by atoms with Gasteiger partial charge in [0.05, 0.1) is 10.6 Å². The SMILES string of the molecule is CS(=O)(=O)c1ccc(O)c(N2C(N)=NC(N)=NC23CCCCC3)c1. The topological polar surface area (TPSA) is 134 Å². The largest absolute Gasteiger partial charge is 0.506 e. The van der Waals surface area contributed by atoms with E-state index in [0.29, 0.717) is 12.8 Å². The molecule has 1 spiro atoms. The molecule has 1 aromatic rings. The summed E-state index contributed by atoms with van der Waals surface area (Å²) in [4.78, 5) is 10.2. The van der Waals surface area contributed by atoms with Gasteiger partial charge in [0.25, 0.3) is 0 Å². The van der Waals surface area contributed by atoms with Crippen LogP contribution in [0.15, 0.2) is 33.1 Å². The minimum Gasteiger partial charge on any atom is -0.506 e. The van der Waals surface area contributed by atoms with Crippen LogP contribution in [0, 0.1) is 0 Å². The molecule has 1 heterocycles. The van der Waals surface area contributed by atoms with Crippen molar-refractivity contribution in [2.75, 3.05) is 11.2 Å². The zero-order valence-electron chi connectivity index (χ0n) is 13.4. The zero-order chi connectivity index (χ0) is 17.5. The fourth-order valence-corrected chi connectivity index (χ4v) is 4.02. The van der Waals surface area contributed by atoms with Crippen LogP contribution >= 0.6 is 0 Å². The molecule has 1 aliphatic heterocycles. The smallest absolute Gasteiger partial charge is 0.220 e. The first-order chi connectivity index (χ1) is 11.2. The highest BCUT2D eigenvalue weighted by molar-refractivity contribution is 7.90. The van der Waals surface area contributed by atoms with Crippen molar-refractivity contribution in [3.05, 3.63) is 18.2 Å². The van der Waals surface area contributed by atoms with Crippen molar-refractivity contribution < 1.29 is 13.5 Å². The summed E-state index contributed by atoms with van der Waals surface area (Å²) in [7, 11) is -3.43. The molecular formula is C15H21N5O3S. The zero-order valence-corrected chi connectivity index (χ0v) is 14.3. The number of rotatable bonds is 2. The minimum absolute atomic E-state index is 0.0823. The Morgan fingerprint density at radius 2 is 1.88 bits per heavy atom. The van der Waals surface area contributed by atoms with Gasteiger partial charge < -0.3 is 16.6 Å². The van der Waals surface area contributed by atoms with Crippen molar-refractivity contribution in [1.82, 2.24) is 0 Å². The van der Waals surface area contributed by atoms with Crippen LogP contribution in [0.5, 0.6) is 5.75 Å². The quantitative estimate of drug-likeness (QED) is 0.725. The second-order valence-corrected chi connectivity index (χ2v) is 8.26. The number of aliphatic imine (C=N–C) groups is 2. The molecule has 1 saturated carbocycles. The lowest BCUT2D eigenvalue weighted by Crippen LogP contribution is -2.58. The maximum Gasteiger partial charge on any atom is 0.220 e. The number of phenols is 1. The molecule has 5 N–H and O–H groups in total. The van der Waals surface area contributed by atoms with Gasteiger partial charge in [-0.1, -0.05) is 6.42 Å². The highest BCUT2D eigenvalue weighted by Gasteiger charge is 2.43. The van der Waals surface area contributed by atoms with Crippen molar-refractivity contribution in [1.29, 1.82) is 0 Å². The van der Waals surface area contributed by atoms with E-state index in [9.17, 15) is 13.5 Å². The molecule has 8 nitrogen and oxygen atoms in total. The fourth-order valence-electron chi connectivity index (χ4n) is 3.38.